The molecule has 5 heterocycles. The maximum atomic E-state index is 12.5. The van der Waals surface area contributed by atoms with E-state index in [4.69, 9.17) is 10.7 Å². The summed E-state index contributed by atoms with van der Waals surface area (Å²) in [5.74, 6) is 0.930. The molecule has 10 heteroatoms. The minimum Gasteiger partial charge on any atom is -0.369 e. The molecule has 176 valence electrons. The summed E-state index contributed by atoms with van der Waals surface area (Å²) in [6.07, 6.45) is 7.97. The van der Waals surface area contributed by atoms with Crippen molar-refractivity contribution in [2.24, 2.45) is 0 Å². The van der Waals surface area contributed by atoms with Crippen molar-refractivity contribution in [2.75, 3.05) is 24.1 Å². The van der Waals surface area contributed by atoms with Gasteiger partial charge in [-0.25, -0.2) is 15.0 Å². The third kappa shape index (κ3) is 4.33. The molecule has 0 radical (unpaired) electrons. The Morgan fingerprint density at radius 3 is 2.74 bits per heavy atom. The Labute approximate surface area is 201 Å². The third-order valence-electron chi connectivity index (χ3n) is 6.06. The highest BCUT2D eigenvalue weighted by molar-refractivity contribution is 6.02. The minimum absolute atomic E-state index is 0.0505. The highest BCUT2D eigenvalue weighted by Gasteiger charge is 2.28. The summed E-state index contributed by atoms with van der Waals surface area (Å²) in [4.78, 5) is 44.1. The Kier molecular flexibility index (Phi) is 5.92. The van der Waals surface area contributed by atoms with Gasteiger partial charge in [-0.1, -0.05) is 12.6 Å². The minimum atomic E-state index is -0.362. The molecule has 1 saturated heterocycles. The lowest BCUT2D eigenvalue weighted by Crippen LogP contribution is -2.38. The molecule has 1 aliphatic rings. The molecular formula is C25H24N8O2. The van der Waals surface area contributed by atoms with E-state index in [9.17, 15) is 9.59 Å². The van der Waals surface area contributed by atoms with Crippen molar-refractivity contribution in [2.45, 2.75) is 18.8 Å². The lowest BCUT2D eigenvalue weighted by atomic mass is 9.94. The quantitative estimate of drug-likeness (QED) is 0.431. The van der Waals surface area contributed by atoms with E-state index in [2.05, 4.69) is 26.8 Å². The number of hydrogen-bond donors (Lipinski definition) is 2. The van der Waals surface area contributed by atoms with E-state index in [1.54, 1.807) is 58.2 Å². The molecule has 0 saturated carbocycles. The Hall–Kier alpha value is -4.60. The number of rotatable bonds is 5. The molecule has 0 aliphatic carbocycles. The van der Waals surface area contributed by atoms with E-state index >= 15 is 0 Å². The molecule has 1 unspecified atom stereocenters. The van der Waals surface area contributed by atoms with Crippen LogP contribution in [0.2, 0.25) is 0 Å². The van der Waals surface area contributed by atoms with Gasteiger partial charge in [-0.15, -0.1) is 0 Å². The standard InChI is InChI=1S/C25H24N8O2/c1-2-21(34)32-13-5-6-17(15-32)22-19-10-12-28-25(26)33(19)23(31-22)16-8-9-18(29-14-16)24(35)30-20-7-3-4-11-27-20/h2-4,7-12,14,17H,1,5-6,13,15H2,(H2,26,28)(H,27,30,35). The van der Waals surface area contributed by atoms with Gasteiger partial charge in [0.25, 0.3) is 5.91 Å². The molecule has 1 aliphatic heterocycles. The molecule has 4 aromatic rings. The van der Waals surface area contributed by atoms with Gasteiger partial charge in [-0.05, 0) is 49.2 Å². The summed E-state index contributed by atoms with van der Waals surface area (Å²) in [5, 5.41) is 2.72. The van der Waals surface area contributed by atoms with E-state index in [-0.39, 0.29) is 23.4 Å². The van der Waals surface area contributed by atoms with Crippen LogP contribution in [0.5, 0.6) is 0 Å². The number of nitrogens with one attached hydrogen (secondary N) is 1. The molecular weight excluding hydrogens is 444 g/mol. The van der Waals surface area contributed by atoms with Crippen LogP contribution in [-0.4, -0.2) is 54.1 Å². The number of nitrogen functional groups attached to an aromatic ring is 1. The fourth-order valence-corrected chi connectivity index (χ4v) is 4.38. The van der Waals surface area contributed by atoms with Crippen molar-refractivity contribution in [3.8, 4) is 11.4 Å². The van der Waals surface area contributed by atoms with Crippen LogP contribution in [0.1, 0.15) is 34.9 Å². The average Bonchev–Trinajstić information content (AvgIpc) is 3.30. The number of likely N-dealkylation sites (tertiary alicyclic amines) is 1. The van der Waals surface area contributed by atoms with Gasteiger partial charge in [0, 0.05) is 43.2 Å². The number of amides is 2. The number of pyridine rings is 2. The first kappa shape index (κ1) is 22.2. The maximum Gasteiger partial charge on any atom is 0.275 e. The Morgan fingerprint density at radius 1 is 1.11 bits per heavy atom. The van der Waals surface area contributed by atoms with Crippen LogP contribution in [0.3, 0.4) is 0 Å². The molecule has 2 amide bonds. The average molecular weight is 469 g/mol. The summed E-state index contributed by atoms with van der Waals surface area (Å²) < 4.78 is 1.79. The Bertz CT molecular complexity index is 1400. The first-order chi connectivity index (χ1) is 17.0. The third-order valence-corrected chi connectivity index (χ3v) is 6.06. The Morgan fingerprint density at radius 2 is 2.00 bits per heavy atom. The SMILES string of the molecule is C=CC(=O)N1CCCC(c2nc(-c3ccc(C(=O)Nc4ccccn4)nc3)n3c(N)nccc23)C1. The van der Waals surface area contributed by atoms with Gasteiger partial charge in [-0.3, -0.25) is 19.0 Å². The van der Waals surface area contributed by atoms with E-state index in [0.29, 0.717) is 36.2 Å². The van der Waals surface area contributed by atoms with Crippen LogP contribution in [0, 0.1) is 0 Å². The van der Waals surface area contributed by atoms with E-state index in [1.807, 2.05) is 6.07 Å². The Balaban J connectivity index is 1.47. The fourth-order valence-electron chi connectivity index (χ4n) is 4.38. The number of anilines is 2. The second kappa shape index (κ2) is 9.34. The molecule has 0 aromatic carbocycles. The number of imidazole rings is 1. The van der Waals surface area contributed by atoms with Gasteiger partial charge in [0.1, 0.15) is 17.3 Å². The van der Waals surface area contributed by atoms with Crippen molar-refractivity contribution in [1.82, 2.24) is 29.2 Å². The van der Waals surface area contributed by atoms with Crippen molar-refractivity contribution in [1.29, 1.82) is 0 Å². The summed E-state index contributed by atoms with van der Waals surface area (Å²) in [6.45, 7) is 4.87. The number of fused-ring (bicyclic) bond motifs is 1. The van der Waals surface area contributed by atoms with Crippen LogP contribution in [0.25, 0.3) is 16.9 Å². The molecule has 3 N–H and O–H groups in total. The lowest BCUT2D eigenvalue weighted by Gasteiger charge is -2.31. The fraction of sp³-hybridized carbons (Fsp3) is 0.200. The van der Waals surface area contributed by atoms with Crippen LogP contribution in [0.15, 0.2) is 67.6 Å². The predicted octanol–water partition coefficient (Wildman–Crippen LogP) is 2.91. The van der Waals surface area contributed by atoms with Crippen molar-refractivity contribution >= 4 is 29.1 Å². The van der Waals surface area contributed by atoms with Gasteiger partial charge in [-0.2, -0.15) is 0 Å². The number of piperidine rings is 1. The molecule has 35 heavy (non-hydrogen) atoms. The van der Waals surface area contributed by atoms with Crippen molar-refractivity contribution < 1.29 is 9.59 Å². The number of nitrogens with two attached hydrogens (primary N) is 1. The van der Waals surface area contributed by atoms with Crippen LogP contribution < -0.4 is 11.1 Å². The molecule has 0 spiro atoms. The summed E-state index contributed by atoms with van der Waals surface area (Å²) in [7, 11) is 0. The number of carbonyl (C=O) groups is 2. The predicted molar refractivity (Wildman–Crippen MR) is 132 cm³/mol. The second-order valence-corrected chi connectivity index (χ2v) is 8.27. The van der Waals surface area contributed by atoms with Crippen molar-refractivity contribution in [3.63, 3.8) is 0 Å². The van der Waals surface area contributed by atoms with Gasteiger partial charge >= 0.3 is 0 Å². The van der Waals surface area contributed by atoms with Gasteiger partial charge in [0.15, 0.2) is 0 Å². The summed E-state index contributed by atoms with van der Waals surface area (Å²) in [6, 6.07) is 10.5. The number of nitrogens with zero attached hydrogens (tertiary/aromatic N) is 6. The smallest absolute Gasteiger partial charge is 0.275 e. The zero-order chi connectivity index (χ0) is 24.4. The first-order valence-electron chi connectivity index (χ1n) is 11.3. The van der Waals surface area contributed by atoms with E-state index < -0.39 is 0 Å². The van der Waals surface area contributed by atoms with Crippen LogP contribution in [0.4, 0.5) is 11.8 Å². The lowest BCUT2D eigenvalue weighted by molar-refractivity contribution is -0.127. The first-order valence-corrected chi connectivity index (χ1v) is 11.3. The molecule has 5 rings (SSSR count). The van der Waals surface area contributed by atoms with Gasteiger partial charge < -0.3 is 16.0 Å². The molecule has 1 fully saturated rings. The normalized spacial score (nSPS) is 15.7. The highest BCUT2D eigenvalue weighted by Crippen LogP contribution is 2.33. The molecule has 10 nitrogen and oxygen atoms in total. The molecule has 1 atom stereocenters. The molecule has 4 aromatic heterocycles. The summed E-state index contributed by atoms with van der Waals surface area (Å²) >= 11 is 0. The van der Waals surface area contributed by atoms with Gasteiger partial charge in [0.05, 0.1) is 11.2 Å². The number of aromatic nitrogens is 5. The van der Waals surface area contributed by atoms with Crippen LogP contribution >= 0.6 is 0 Å². The van der Waals surface area contributed by atoms with E-state index in [1.165, 1.54) is 6.08 Å². The highest BCUT2D eigenvalue weighted by atomic mass is 16.2. The van der Waals surface area contributed by atoms with Crippen molar-refractivity contribution in [3.05, 3.63) is 79.0 Å². The number of carbonyl (C=O) groups excluding carboxylic acids is 2. The van der Waals surface area contributed by atoms with Crippen LogP contribution in [-0.2, 0) is 4.79 Å². The topological polar surface area (TPSA) is 131 Å². The monoisotopic (exact) mass is 468 g/mol. The number of hydrogen-bond acceptors (Lipinski definition) is 7. The van der Waals surface area contributed by atoms with E-state index in [0.717, 1.165) is 24.1 Å². The second-order valence-electron chi connectivity index (χ2n) is 8.27. The zero-order valence-electron chi connectivity index (χ0n) is 19.0. The summed E-state index contributed by atoms with van der Waals surface area (Å²) in [5.41, 5.74) is 8.87. The molecule has 0 bridgehead atoms. The largest absolute Gasteiger partial charge is 0.369 e. The zero-order valence-corrected chi connectivity index (χ0v) is 19.0. The maximum absolute atomic E-state index is 12.5. The van der Waals surface area contributed by atoms with Gasteiger partial charge in [0.2, 0.25) is 11.9 Å².